The Kier molecular flexibility index (Phi) is 6.03. The molecule has 166 valence electrons. The lowest BCUT2D eigenvalue weighted by atomic mass is 9.82. The molecular weight excluding hydrogens is 434 g/mol. The average Bonchev–Trinajstić information content (AvgIpc) is 3.11. The molecular formula is C26H23N3O3S. The molecule has 0 spiro atoms. The fourth-order valence-electron chi connectivity index (χ4n) is 4.06. The third-order valence-corrected chi connectivity index (χ3v) is 6.85. The quantitative estimate of drug-likeness (QED) is 0.607. The number of esters is 1. The molecule has 0 fully saturated rings. The van der Waals surface area contributed by atoms with E-state index < -0.39 is 11.9 Å². The highest BCUT2D eigenvalue weighted by Crippen LogP contribution is 2.37. The number of hydrogen-bond acceptors (Lipinski definition) is 6. The number of hydrogen-bond donors (Lipinski definition) is 1. The number of carbonyl (C=O) groups is 1. The third kappa shape index (κ3) is 3.79. The van der Waals surface area contributed by atoms with E-state index in [9.17, 15) is 14.9 Å². The van der Waals surface area contributed by atoms with E-state index in [1.165, 1.54) is 15.9 Å². The molecule has 0 unspecified atom stereocenters. The largest absolute Gasteiger partial charge is 0.463 e. The summed E-state index contributed by atoms with van der Waals surface area (Å²) in [4.78, 5) is 26.6. The van der Waals surface area contributed by atoms with Crippen LogP contribution in [0.2, 0.25) is 0 Å². The van der Waals surface area contributed by atoms with Gasteiger partial charge in [0.15, 0.2) is 0 Å². The van der Waals surface area contributed by atoms with Crippen molar-refractivity contribution in [1.82, 2.24) is 4.57 Å². The maximum Gasteiger partial charge on any atom is 0.338 e. The minimum atomic E-state index is -0.723. The highest BCUT2D eigenvalue weighted by atomic mass is 32.1. The van der Waals surface area contributed by atoms with Crippen LogP contribution in [0.15, 0.2) is 58.9 Å². The molecule has 0 aliphatic carbocycles. The Morgan fingerprint density at radius 1 is 1.18 bits per heavy atom. The fourth-order valence-corrected chi connectivity index (χ4v) is 5.22. The molecule has 0 bridgehead atoms. The van der Waals surface area contributed by atoms with Crippen LogP contribution in [0.1, 0.15) is 35.1 Å². The zero-order valence-corrected chi connectivity index (χ0v) is 19.4. The second kappa shape index (κ2) is 8.93. The van der Waals surface area contributed by atoms with Crippen LogP contribution in [0.25, 0.3) is 17.5 Å². The van der Waals surface area contributed by atoms with Crippen molar-refractivity contribution < 1.29 is 9.53 Å². The highest BCUT2D eigenvalue weighted by Gasteiger charge is 2.36. The molecule has 0 saturated heterocycles. The Morgan fingerprint density at radius 3 is 2.48 bits per heavy atom. The molecule has 7 heteroatoms. The van der Waals surface area contributed by atoms with Crippen LogP contribution in [0.5, 0.6) is 0 Å². The van der Waals surface area contributed by atoms with E-state index in [2.05, 4.69) is 6.07 Å². The molecule has 2 heterocycles. The predicted octanol–water partition coefficient (Wildman–Crippen LogP) is 2.52. The molecule has 0 radical (unpaired) electrons. The Morgan fingerprint density at radius 2 is 1.85 bits per heavy atom. The Bertz CT molecular complexity index is 1520. The number of benzene rings is 2. The molecule has 2 N–H and O–H groups in total. The number of carbonyl (C=O) groups excluding carboxylic acids is 1. The number of nitrogens with two attached hydrogens (primary N) is 1. The Labute approximate surface area is 195 Å². The first-order chi connectivity index (χ1) is 15.9. The second-order valence-electron chi connectivity index (χ2n) is 7.75. The summed E-state index contributed by atoms with van der Waals surface area (Å²) in [5, 5.41) is 10.0. The zero-order chi connectivity index (χ0) is 23.7. The van der Waals surface area contributed by atoms with Crippen LogP contribution in [-0.2, 0) is 9.53 Å². The summed E-state index contributed by atoms with van der Waals surface area (Å²) in [7, 11) is 0. The van der Waals surface area contributed by atoms with Crippen LogP contribution >= 0.6 is 11.3 Å². The number of nitriles is 1. The van der Waals surface area contributed by atoms with Crippen molar-refractivity contribution in [3.63, 3.8) is 0 Å². The van der Waals surface area contributed by atoms with Gasteiger partial charge in [-0.05, 0) is 49.1 Å². The summed E-state index contributed by atoms with van der Waals surface area (Å²) in [6.45, 7) is 5.76. The van der Waals surface area contributed by atoms with Gasteiger partial charge in [-0.15, -0.1) is 11.3 Å². The van der Waals surface area contributed by atoms with Crippen molar-refractivity contribution in [3.8, 4) is 6.07 Å². The minimum Gasteiger partial charge on any atom is -0.463 e. The van der Waals surface area contributed by atoms with E-state index in [-0.39, 0.29) is 29.1 Å². The van der Waals surface area contributed by atoms with Crippen LogP contribution < -0.4 is 20.5 Å². The monoisotopic (exact) mass is 457 g/mol. The number of rotatable bonds is 4. The molecule has 2 aromatic carbocycles. The molecule has 1 atom stereocenters. The Hall–Kier alpha value is -3.89. The second-order valence-corrected chi connectivity index (χ2v) is 8.78. The molecule has 1 aliphatic heterocycles. The summed E-state index contributed by atoms with van der Waals surface area (Å²) in [5.41, 5.74) is 10.0. The average molecular weight is 458 g/mol. The number of thiazole rings is 1. The van der Waals surface area contributed by atoms with Crippen molar-refractivity contribution in [2.24, 2.45) is 5.73 Å². The molecule has 6 nitrogen and oxygen atoms in total. The van der Waals surface area contributed by atoms with Crippen molar-refractivity contribution in [1.29, 1.82) is 5.26 Å². The van der Waals surface area contributed by atoms with Gasteiger partial charge in [0.05, 0.1) is 34.3 Å². The first-order valence-corrected chi connectivity index (χ1v) is 11.4. The van der Waals surface area contributed by atoms with E-state index >= 15 is 0 Å². The fraction of sp³-hybridized carbons (Fsp3) is 0.192. The van der Waals surface area contributed by atoms with Gasteiger partial charge < -0.3 is 10.5 Å². The molecule has 33 heavy (non-hydrogen) atoms. The first kappa shape index (κ1) is 22.3. The van der Waals surface area contributed by atoms with Crippen LogP contribution in [0.4, 0.5) is 0 Å². The van der Waals surface area contributed by atoms with Gasteiger partial charge in [-0.25, -0.2) is 4.79 Å². The standard InChI is InChI=1S/C26H23N3O3S/c1-4-32-26(31)22-21(18-12-8-6-10-16(18)3)19(14-27)23(28)29-24(30)20(33-25(22)29)13-17-11-7-5-9-15(17)2/h5-13,21H,4,28H2,1-3H3/b20-13+/t21-/m1/s1. The number of aryl methyl sites for hydroxylation is 2. The zero-order valence-electron chi connectivity index (χ0n) is 18.6. The van der Waals surface area contributed by atoms with Crippen molar-refractivity contribution >= 4 is 34.8 Å². The van der Waals surface area contributed by atoms with Crippen molar-refractivity contribution in [3.05, 3.63) is 95.9 Å². The maximum absolute atomic E-state index is 13.4. The van der Waals surface area contributed by atoms with Gasteiger partial charge >= 0.3 is 5.97 Å². The third-order valence-electron chi connectivity index (χ3n) is 5.74. The van der Waals surface area contributed by atoms with E-state index in [1.54, 1.807) is 13.0 Å². The summed E-state index contributed by atoms with van der Waals surface area (Å²) in [6.07, 6.45) is 1.79. The van der Waals surface area contributed by atoms with E-state index in [4.69, 9.17) is 10.5 Å². The lowest BCUT2D eigenvalue weighted by Gasteiger charge is -2.25. The van der Waals surface area contributed by atoms with E-state index in [0.717, 1.165) is 22.3 Å². The normalized spacial score (nSPS) is 15.9. The number of nitrogens with zero attached hydrogens (tertiary/aromatic N) is 2. The van der Waals surface area contributed by atoms with Gasteiger partial charge in [-0.3, -0.25) is 9.36 Å². The van der Waals surface area contributed by atoms with Gasteiger partial charge in [-0.1, -0.05) is 48.5 Å². The van der Waals surface area contributed by atoms with Crippen LogP contribution in [-0.4, -0.2) is 17.1 Å². The highest BCUT2D eigenvalue weighted by molar-refractivity contribution is 7.07. The molecule has 3 aromatic rings. The maximum atomic E-state index is 13.4. The topological polar surface area (TPSA) is 98.1 Å². The number of allylic oxidation sites excluding steroid dienone is 1. The van der Waals surface area contributed by atoms with Gasteiger partial charge in [0, 0.05) is 0 Å². The van der Waals surface area contributed by atoms with Crippen LogP contribution in [0, 0.1) is 25.2 Å². The van der Waals surface area contributed by atoms with E-state index in [0.29, 0.717) is 9.20 Å². The number of ether oxygens (including phenoxy) is 1. The van der Waals surface area contributed by atoms with Gasteiger partial charge in [0.25, 0.3) is 5.56 Å². The van der Waals surface area contributed by atoms with E-state index in [1.807, 2.05) is 62.4 Å². The van der Waals surface area contributed by atoms with Crippen LogP contribution in [0.3, 0.4) is 0 Å². The first-order valence-electron chi connectivity index (χ1n) is 10.5. The lowest BCUT2D eigenvalue weighted by Crippen LogP contribution is -2.40. The molecule has 1 aromatic heterocycles. The number of aromatic nitrogens is 1. The predicted molar refractivity (Wildman–Crippen MR) is 130 cm³/mol. The van der Waals surface area contributed by atoms with Crippen molar-refractivity contribution in [2.45, 2.75) is 26.7 Å². The summed E-state index contributed by atoms with van der Waals surface area (Å²) in [5.74, 6) is -1.25. The number of fused-ring (bicyclic) bond motifs is 1. The summed E-state index contributed by atoms with van der Waals surface area (Å²) in [6, 6.07) is 17.4. The Balaban J connectivity index is 2.14. The lowest BCUT2D eigenvalue weighted by molar-refractivity contribution is -0.136. The smallest absolute Gasteiger partial charge is 0.338 e. The molecule has 0 saturated carbocycles. The summed E-state index contributed by atoms with van der Waals surface area (Å²) < 4.78 is 7.46. The molecule has 0 amide bonds. The molecule has 1 aliphatic rings. The summed E-state index contributed by atoms with van der Waals surface area (Å²) >= 11 is 1.18. The van der Waals surface area contributed by atoms with Crippen molar-refractivity contribution in [2.75, 3.05) is 6.61 Å². The minimum absolute atomic E-state index is 0.0412. The van der Waals surface area contributed by atoms with Gasteiger partial charge in [0.2, 0.25) is 0 Å². The molecule has 4 rings (SSSR count). The van der Waals surface area contributed by atoms with Gasteiger partial charge in [-0.2, -0.15) is 5.26 Å². The van der Waals surface area contributed by atoms with Gasteiger partial charge in [0.1, 0.15) is 10.5 Å². The SMILES string of the molecule is CCOC(=O)C1=c2s/c(=C/c3ccccc3C)c(=O)n2C(N)=C(C#N)[C@H]1c1ccccc1C.